The number of benzene rings is 9. The van der Waals surface area contributed by atoms with Gasteiger partial charge in [0.1, 0.15) is 0 Å². The Bertz CT molecular complexity index is 3780. The molecule has 0 spiro atoms. The molecule has 0 N–H and O–H groups in total. The number of rotatable bonds is 7. The van der Waals surface area contributed by atoms with Gasteiger partial charge in [0.05, 0.1) is 52.3 Å². The average molecular weight is 841 g/mol. The summed E-state index contributed by atoms with van der Waals surface area (Å²) < 4.78 is 4.42. The maximum absolute atomic E-state index is 8.45. The van der Waals surface area contributed by atoms with E-state index in [-0.39, 0.29) is 0 Å². The van der Waals surface area contributed by atoms with Crippen molar-refractivity contribution in [2.24, 2.45) is 0 Å². The lowest BCUT2D eigenvalue weighted by Crippen LogP contribution is -1.97. The fourth-order valence-corrected chi connectivity index (χ4v) is 9.47. The molecule has 306 valence electrons. The van der Waals surface area contributed by atoms with Crippen molar-refractivity contribution < 1.29 is 0 Å². The Labute approximate surface area is 381 Å². The van der Waals surface area contributed by atoms with Crippen LogP contribution in [0.3, 0.4) is 0 Å². The van der Waals surface area contributed by atoms with Gasteiger partial charge in [0.2, 0.25) is 11.4 Å². The Kier molecular flexibility index (Phi) is 9.16. The maximum atomic E-state index is 8.45. The van der Waals surface area contributed by atoms with Crippen molar-refractivity contribution in [2.75, 3.05) is 0 Å². The second-order valence-electron chi connectivity index (χ2n) is 16.4. The second kappa shape index (κ2) is 15.8. The molecule has 3 aromatic heterocycles. The van der Waals surface area contributed by atoms with Crippen LogP contribution in [0.1, 0.15) is 0 Å². The van der Waals surface area contributed by atoms with Crippen molar-refractivity contribution in [2.45, 2.75) is 0 Å². The van der Waals surface area contributed by atoms with Crippen molar-refractivity contribution in [1.82, 2.24) is 19.1 Å². The number of hydrogen-bond acceptors (Lipinski definition) is 2. The van der Waals surface area contributed by atoms with Crippen molar-refractivity contribution in [3.63, 3.8) is 0 Å². The van der Waals surface area contributed by atoms with Crippen LogP contribution in [-0.2, 0) is 0 Å². The smallest absolute Gasteiger partial charge is 0.200 e. The van der Waals surface area contributed by atoms with Crippen LogP contribution in [0.2, 0.25) is 0 Å². The van der Waals surface area contributed by atoms with Crippen LogP contribution in [0.25, 0.3) is 121 Å². The number of aromatic nitrogens is 4. The van der Waals surface area contributed by atoms with E-state index in [1.54, 1.807) is 0 Å². The summed E-state index contributed by atoms with van der Waals surface area (Å²) in [6.45, 7) is 16.9. The van der Waals surface area contributed by atoms with Gasteiger partial charge in [-0.05, 0) is 76.9 Å². The lowest BCUT2D eigenvalue weighted by Gasteiger charge is -2.15. The van der Waals surface area contributed by atoms with Gasteiger partial charge in [-0.2, -0.15) is 0 Å². The minimum absolute atomic E-state index is 0.419. The summed E-state index contributed by atoms with van der Waals surface area (Å²) in [4.78, 5) is 18.1. The fraction of sp³-hybridized carbons (Fsp3) is 0. The van der Waals surface area contributed by atoms with Gasteiger partial charge in [-0.15, -0.1) is 0 Å². The highest BCUT2D eigenvalue weighted by Crippen LogP contribution is 2.44. The van der Waals surface area contributed by atoms with Crippen molar-refractivity contribution in [3.8, 4) is 67.5 Å². The first kappa shape index (κ1) is 38.3. The highest BCUT2D eigenvalue weighted by molar-refractivity contribution is 6.13. The molecule has 0 radical (unpaired) electrons. The third-order valence-corrected chi connectivity index (χ3v) is 12.6. The molecule has 9 aromatic carbocycles. The Morgan fingerprint density at radius 2 is 0.727 bits per heavy atom. The summed E-state index contributed by atoms with van der Waals surface area (Å²) in [5.41, 5.74) is 15.2. The molecule has 12 aromatic rings. The van der Waals surface area contributed by atoms with Gasteiger partial charge >= 0.3 is 0 Å². The Balaban J connectivity index is 0.892. The van der Waals surface area contributed by atoms with Crippen molar-refractivity contribution in [1.29, 1.82) is 0 Å². The molecular weight excluding hydrogens is 805 g/mol. The summed E-state index contributed by atoms with van der Waals surface area (Å²) in [5.74, 6) is 0.683. The minimum atomic E-state index is 0.419. The van der Waals surface area contributed by atoms with E-state index < -0.39 is 0 Å². The Hall–Kier alpha value is -9.36. The second-order valence-corrected chi connectivity index (χ2v) is 16.4. The Morgan fingerprint density at radius 3 is 1.26 bits per heavy atom. The SMILES string of the molecule is [C-]#[N+]c1cc(-c2ccc(-c3ccc(-c4cc(-c5ccccc5)nc(-c5ccccc5)n4)cc3)cc2)cc([N+]#[C-])c1-n1c2ccccc2c2cc(-n3c4ccccc4c4ccccc43)ccc21. The van der Waals surface area contributed by atoms with Gasteiger partial charge in [0.25, 0.3) is 0 Å². The molecule has 0 atom stereocenters. The topological polar surface area (TPSA) is 44.4 Å². The van der Waals surface area contributed by atoms with Crippen LogP contribution in [-0.4, -0.2) is 19.1 Å². The van der Waals surface area contributed by atoms with E-state index >= 15 is 0 Å². The molecule has 0 bridgehead atoms. The summed E-state index contributed by atoms with van der Waals surface area (Å²) in [5, 5.41) is 4.52. The number of nitrogens with zero attached hydrogens (tertiary/aromatic N) is 6. The van der Waals surface area contributed by atoms with E-state index in [4.69, 9.17) is 23.1 Å². The molecule has 0 fully saturated rings. The zero-order chi connectivity index (χ0) is 44.1. The van der Waals surface area contributed by atoms with Gasteiger partial charge in [0, 0.05) is 43.9 Å². The molecule has 6 heteroatoms. The van der Waals surface area contributed by atoms with Gasteiger partial charge in [-0.25, -0.2) is 19.7 Å². The van der Waals surface area contributed by atoms with E-state index in [1.165, 1.54) is 10.8 Å². The molecule has 6 nitrogen and oxygen atoms in total. The maximum Gasteiger partial charge on any atom is 0.200 e. The predicted octanol–water partition coefficient (Wildman–Crippen LogP) is 16.1. The molecule has 0 amide bonds. The first-order valence-corrected chi connectivity index (χ1v) is 21.8. The third-order valence-electron chi connectivity index (χ3n) is 12.6. The zero-order valence-electron chi connectivity index (χ0n) is 35.5. The van der Waals surface area contributed by atoms with E-state index in [2.05, 4.69) is 164 Å². The third kappa shape index (κ3) is 6.41. The molecule has 12 rings (SSSR count). The van der Waals surface area contributed by atoms with Gasteiger partial charge in [-0.1, -0.05) is 164 Å². The van der Waals surface area contributed by atoms with Crippen molar-refractivity contribution >= 4 is 55.0 Å². The summed E-state index contributed by atoms with van der Waals surface area (Å²) in [7, 11) is 0. The largest absolute Gasteiger partial charge is 0.329 e. The van der Waals surface area contributed by atoms with Crippen LogP contribution in [0, 0.1) is 13.1 Å². The average Bonchev–Trinajstić information content (AvgIpc) is 3.91. The van der Waals surface area contributed by atoms with Gasteiger partial charge < -0.3 is 9.13 Å². The quantitative estimate of drug-likeness (QED) is 0.150. The van der Waals surface area contributed by atoms with Crippen LogP contribution >= 0.6 is 0 Å². The van der Waals surface area contributed by atoms with Crippen LogP contribution in [0.15, 0.2) is 218 Å². The highest BCUT2D eigenvalue weighted by atomic mass is 15.0. The first-order valence-electron chi connectivity index (χ1n) is 21.8. The molecule has 0 saturated carbocycles. The molecule has 0 aliphatic heterocycles. The first-order chi connectivity index (χ1) is 32.6. The minimum Gasteiger partial charge on any atom is -0.329 e. The van der Waals surface area contributed by atoms with E-state index in [0.29, 0.717) is 22.9 Å². The molecule has 0 unspecified atom stereocenters. The predicted molar refractivity (Wildman–Crippen MR) is 270 cm³/mol. The van der Waals surface area contributed by atoms with E-state index in [0.717, 1.165) is 88.9 Å². The molecule has 3 heterocycles. The summed E-state index contributed by atoms with van der Waals surface area (Å²) in [6.07, 6.45) is 0. The fourth-order valence-electron chi connectivity index (χ4n) is 9.47. The molecule has 0 aliphatic rings. The standard InChI is InChI=1S/C60H36N6/c1-61-53-35-45(41-27-25-39(26-28-41)40-29-31-43(32-30-40)52-38-51(42-15-5-3-6-16-42)63-60(64-52)44-17-7-4-8-18-44)36-54(62-2)59(53)66-57-24-14-11-21-49(57)50-37-46(33-34-58(50)66)65-55-22-12-9-19-47(55)48-20-10-13-23-56(48)65/h3-38H. The van der Waals surface area contributed by atoms with Crippen LogP contribution in [0.5, 0.6) is 0 Å². The number of fused-ring (bicyclic) bond motifs is 6. The summed E-state index contributed by atoms with van der Waals surface area (Å²) >= 11 is 0. The van der Waals surface area contributed by atoms with E-state index in [9.17, 15) is 0 Å². The molecular formula is C60H36N6. The van der Waals surface area contributed by atoms with E-state index in [1.807, 2.05) is 72.8 Å². The Morgan fingerprint density at radius 1 is 0.318 bits per heavy atom. The highest BCUT2D eigenvalue weighted by Gasteiger charge is 2.21. The monoisotopic (exact) mass is 840 g/mol. The van der Waals surface area contributed by atoms with Crippen molar-refractivity contribution in [3.05, 3.63) is 241 Å². The lowest BCUT2D eigenvalue weighted by atomic mass is 9.98. The summed E-state index contributed by atoms with van der Waals surface area (Å²) in [6, 6.07) is 74.8. The lowest BCUT2D eigenvalue weighted by molar-refractivity contribution is 1.17. The van der Waals surface area contributed by atoms with Crippen LogP contribution in [0.4, 0.5) is 11.4 Å². The normalized spacial score (nSPS) is 11.3. The molecule has 66 heavy (non-hydrogen) atoms. The zero-order valence-corrected chi connectivity index (χ0v) is 35.5. The van der Waals surface area contributed by atoms with Crippen LogP contribution < -0.4 is 0 Å². The van der Waals surface area contributed by atoms with Gasteiger partial charge in [0.15, 0.2) is 5.82 Å². The number of hydrogen-bond donors (Lipinski definition) is 0. The number of para-hydroxylation sites is 3. The molecule has 0 saturated heterocycles. The van der Waals surface area contributed by atoms with Gasteiger partial charge in [-0.3, -0.25) is 0 Å². The molecule has 0 aliphatic carbocycles.